The Hall–Kier alpha value is -0.890. The lowest BCUT2D eigenvalue weighted by molar-refractivity contribution is -0.118. The molecule has 3 heteroatoms. The highest BCUT2D eigenvalue weighted by molar-refractivity contribution is 6.31. The minimum Gasteiger partial charge on any atom is -0.299 e. The van der Waals surface area contributed by atoms with Gasteiger partial charge in [-0.15, -0.1) is 0 Å². The molecule has 0 radical (unpaired) electrons. The molecule has 0 aliphatic carbocycles. The summed E-state index contributed by atoms with van der Waals surface area (Å²) in [7, 11) is 0. The summed E-state index contributed by atoms with van der Waals surface area (Å²) in [5.41, 5.74) is 0.676. The molecule has 0 aliphatic rings. The van der Waals surface area contributed by atoms with E-state index in [4.69, 9.17) is 11.6 Å². The molecule has 1 rings (SSSR count). The topological polar surface area (TPSA) is 17.1 Å². The second kappa shape index (κ2) is 3.88. The van der Waals surface area contributed by atoms with Crippen molar-refractivity contribution < 1.29 is 9.18 Å². The molecule has 0 saturated heterocycles. The van der Waals surface area contributed by atoms with Gasteiger partial charge in [0.1, 0.15) is 11.6 Å². The monoisotopic (exact) mass is 200 g/mol. The van der Waals surface area contributed by atoms with E-state index >= 15 is 0 Å². The zero-order valence-electron chi connectivity index (χ0n) is 7.47. The Kier molecular flexibility index (Phi) is 3.04. The first kappa shape index (κ1) is 10.2. The Morgan fingerprint density at radius 3 is 2.62 bits per heavy atom. The predicted molar refractivity (Wildman–Crippen MR) is 50.5 cm³/mol. The Bertz CT molecular complexity index is 336. The number of benzene rings is 1. The number of halogens is 2. The Labute approximate surface area is 81.5 Å². The molecule has 13 heavy (non-hydrogen) atoms. The SMILES string of the molecule is CC(=O)C(C)c1ccc(F)cc1Cl. The van der Waals surface area contributed by atoms with Crippen molar-refractivity contribution in [3.63, 3.8) is 0 Å². The maximum Gasteiger partial charge on any atom is 0.137 e. The third-order valence-electron chi connectivity index (χ3n) is 2.04. The van der Waals surface area contributed by atoms with Crippen LogP contribution in [0.2, 0.25) is 5.02 Å². The highest BCUT2D eigenvalue weighted by Gasteiger charge is 2.13. The van der Waals surface area contributed by atoms with Gasteiger partial charge in [0, 0.05) is 10.9 Å². The molecule has 70 valence electrons. The smallest absolute Gasteiger partial charge is 0.137 e. The maximum atomic E-state index is 12.6. The average Bonchev–Trinajstić information content (AvgIpc) is 2.03. The van der Waals surface area contributed by atoms with Crippen LogP contribution in [0.15, 0.2) is 18.2 Å². The van der Waals surface area contributed by atoms with Gasteiger partial charge >= 0.3 is 0 Å². The van der Waals surface area contributed by atoms with Crippen LogP contribution in [0.25, 0.3) is 0 Å². The molecule has 0 heterocycles. The van der Waals surface area contributed by atoms with E-state index in [2.05, 4.69) is 0 Å². The molecule has 1 atom stereocenters. The van der Waals surface area contributed by atoms with Crippen LogP contribution in [0.1, 0.15) is 25.3 Å². The number of rotatable bonds is 2. The van der Waals surface area contributed by atoms with Crippen molar-refractivity contribution in [2.24, 2.45) is 0 Å². The summed E-state index contributed by atoms with van der Waals surface area (Å²) < 4.78 is 12.6. The van der Waals surface area contributed by atoms with E-state index < -0.39 is 0 Å². The van der Waals surface area contributed by atoms with Crippen LogP contribution >= 0.6 is 11.6 Å². The lowest BCUT2D eigenvalue weighted by Gasteiger charge is -2.09. The van der Waals surface area contributed by atoms with Gasteiger partial charge in [-0.25, -0.2) is 4.39 Å². The number of hydrogen-bond acceptors (Lipinski definition) is 1. The summed E-state index contributed by atoms with van der Waals surface area (Å²) >= 11 is 5.78. The van der Waals surface area contributed by atoms with E-state index in [1.165, 1.54) is 19.1 Å². The highest BCUT2D eigenvalue weighted by atomic mass is 35.5. The Morgan fingerprint density at radius 1 is 1.54 bits per heavy atom. The van der Waals surface area contributed by atoms with E-state index in [-0.39, 0.29) is 17.5 Å². The lowest BCUT2D eigenvalue weighted by atomic mass is 9.98. The van der Waals surface area contributed by atoms with Crippen LogP contribution < -0.4 is 0 Å². The molecule has 0 N–H and O–H groups in total. The quantitative estimate of drug-likeness (QED) is 0.717. The van der Waals surface area contributed by atoms with Crippen molar-refractivity contribution in [3.05, 3.63) is 34.6 Å². The molecule has 0 fully saturated rings. The number of carbonyl (C=O) groups is 1. The van der Waals surface area contributed by atoms with Crippen LogP contribution in [0.5, 0.6) is 0 Å². The van der Waals surface area contributed by atoms with Crippen molar-refractivity contribution in [2.45, 2.75) is 19.8 Å². The summed E-state index contributed by atoms with van der Waals surface area (Å²) in [4.78, 5) is 11.0. The molecule has 0 amide bonds. The molecular formula is C10H10ClFO. The van der Waals surface area contributed by atoms with Gasteiger partial charge < -0.3 is 0 Å². The Balaban J connectivity index is 3.08. The van der Waals surface area contributed by atoms with Crippen molar-refractivity contribution in [2.75, 3.05) is 0 Å². The fourth-order valence-corrected chi connectivity index (χ4v) is 1.40. The number of hydrogen-bond donors (Lipinski definition) is 0. The summed E-state index contributed by atoms with van der Waals surface area (Å²) in [6.07, 6.45) is 0. The van der Waals surface area contributed by atoms with Crippen LogP contribution in [0, 0.1) is 5.82 Å². The predicted octanol–water partition coefficient (Wildman–Crippen LogP) is 3.17. The fourth-order valence-electron chi connectivity index (χ4n) is 1.07. The fraction of sp³-hybridized carbons (Fsp3) is 0.300. The molecule has 0 aliphatic heterocycles. The molecule has 1 aromatic rings. The zero-order chi connectivity index (χ0) is 10.0. The van der Waals surface area contributed by atoms with E-state index in [0.717, 1.165) is 0 Å². The van der Waals surface area contributed by atoms with Crippen molar-refractivity contribution in [3.8, 4) is 0 Å². The van der Waals surface area contributed by atoms with Gasteiger partial charge in [-0.1, -0.05) is 24.6 Å². The normalized spacial score (nSPS) is 12.6. The average molecular weight is 201 g/mol. The molecule has 1 nitrogen and oxygen atoms in total. The standard InChI is InChI=1S/C10H10ClFO/c1-6(7(2)13)9-4-3-8(12)5-10(9)11/h3-6H,1-2H3. The van der Waals surface area contributed by atoms with Gasteiger partial charge in [0.15, 0.2) is 0 Å². The van der Waals surface area contributed by atoms with Crippen LogP contribution in [0.4, 0.5) is 4.39 Å². The Morgan fingerprint density at radius 2 is 2.15 bits per heavy atom. The minimum atomic E-state index is -0.385. The highest BCUT2D eigenvalue weighted by Crippen LogP contribution is 2.25. The first-order valence-corrected chi connectivity index (χ1v) is 4.35. The summed E-state index contributed by atoms with van der Waals surface area (Å²) in [5.74, 6) is -0.633. The van der Waals surface area contributed by atoms with Crippen LogP contribution in [-0.2, 0) is 4.79 Å². The van der Waals surface area contributed by atoms with E-state index in [1.54, 1.807) is 13.0 Å². The van der Waals surface area contributed by atoms with Crippen molar-refractivity contribution in [1.82, 2.24) is 0 Å². The summed E-state index contributed by atoms with van der Waals surface area (Å²) in [6.45, 7) is 3.24. The molecule has 1 unspecified atom stereocenters. The molecule has 1 aromatic carbocycles. The second-order valence-electron chi connectivity index (χ2n) is 3.00. The van der Waals surface area contributed by atoms with Gasteiger partial charge in [-0.2, -0.15) is 0 Å². The number of Topliss-reactive ketones (excluding diaryl/α,β-unsaturated/α-hetero) is 1. The van der Waals surface area contributed by atoms with Crippen LogP contribution in [-0.4, -0.2) is 5.78 Å². The van der Waals surface area contributed by atoms with Crippen molar-refractivity contribution >= 4 is 17.4 Å². The largest absolute Gasteiger partial charge is 0.299 e. The second-order valence-corrected chi connectivity index (χ2v) is 3.41. The molecule has 0 spiro atoms. The molecule has 0 aromatic heterocycles. The first-order valence-electron chi connectivity index (χ1n) is 3.97. The summed E-state index contributed by atoms with van der Waals surface area (Å²) in [5, 5.41) is 0.308. The molecule has 0 saturated carbocycles. The van der Waals surface area contributed by atoms with Gasteiger partial charge in [0.2, 0.25) is 0 Å². The van der Waals surface area contributed by atoms with Gasteiger partial charge in [-0.05, 0) is 24.6 Å². The summed E-state index contributed by atoms with van der Waals surface area (Å²) in [6, 6.07) is 4.07. The number of carbonyl (C=O) groups excluding carboxylic acids is 1. The zero-order valence-corrected chi connectivity index (χ0v) is 8.23. The maximum absolute atomic E-state index is 12.6. The van der Waals surface area contributed by atoms with Gasteiger partial charge in [0.25, 0.3) is 0 Å². The van der Waals surface area contributed by atoms with Crippen LogP contribution in [0.3, 0.4) is 0 Å². The third-order valence-corrected chi connectivity index (χ3v) is 2.37. The lowest BCUT2D eigenvalue weighted by Crippen LogP contribution is -2.04. The van der Waals surface area contributed by atoms with Gasteiger partial charge in [0.05, 0.1) is 0 Å². The molecular weight excluding hydrogens is 191 g/mol. The van der Waals surface area contributed by atoms with Gasteiger partial charge in [-0.3, -0.25) is 4.79 Å². The number of ketones is 1. The molecule has 0 bridgehead atoms. The minimum absolute atomic E-state index is 0.0218. The first-order chi connectivity index (χ1) is 6.02. The third kappa shape index (κ3) is 2.28. The van der Waals surface area contributed by atoms with Crippen molar-refractivity contribution in [1.29, 1.82) is 0 Å². The van der Waals surface area contributed by atoms with E-state index in [9.17, 15) is 9.18 Å². The van der Waals surface area contributed by atoms with E-state index in [1.807, 2.05) is 0 Å². The van der Waals surface area contributed by atoms with E-state index in [0.29, 0.717) is 10.6 Å².